The summed E-state index contributed by atoms with van der Waals surface area (Å²) in [5, 5.41) is 9.22. The van der Waals surface area contributed by atoms with E-state index in [9.17, 15) is 43.5 Å². The first-order valence-corrected chi connectivity index (χ1v) is 46.5. The predicted molar refractivity (Wildman–Crippen MR) is 481 cm³/mol. The molecule has 123 heavy (non-hydrogen) atoms. The van der Waals surface area contributed by atoms with Crippen LogP contribution in [0.1, 0.15) is 282 Å². The van der Waals surface area contributed by atoms with Gasteiger partial charge in [-0.25, -0.2) is 19.2 Å². The lowest BCUT2D eigenvalue weighted by molar-refractivity contribution is -0.139. The van der Waals surface area contributed by atoms with Crippen molar-refractivity contribution in [2.24, 2.45) is 53.3 Å². The Morgan fingerprint density at radius 1 is 0.341 bits per heavy atom. The van der Waals surface area contributed by atoms with Crippen LogP contribution in [0.2, 0.25) is 0 Å². The van der Waals surface area contributed by atoms with Crippen LogP contribution in [-0.4, -0.2) is 236 Å². The zero-order valence-corrected chi connectivity index (χ0v) is 78.0. The highest BCUT2D eigenvalue weighted by molar-refractivity contribution is 5.81. The SMILES string of the molecule is CN(CC1CCC(C(=O)N2CCC(Cc3ccncc3)CC2)CC1)C(=O)OC(C)(C)C.CN(CC1CCC(C(=O)N2CCC(c3ccc(CO)cc3)CC2)CC1)C(=O)OC(C)(C)C.CN(CC1CCC(C(=O)N2CCC(c3ccncc3)C2)CC1)C(=O)OC(C)(C)C.Cc1cc(C2CCN(C(=O)C3CCC(CN(C)C(=O)OC(C)(C)C)CC3)CC2)ccn1. The number of aliphatic hydroxyl groups excluding tert-OH is 1. The second-order valence-electron chi connectivity index (χ2n) is 41.0. The van der Waals surface area contributed by atoms with Crippen molar-refractivity contribution in [3.8, 4) is 0 Å². The Morgan fingerprint density at radius 2 is 0.626 bits per heavy atom. The third-order valence-corrected chi connectivity index (χ3v) is 26.2. The molecule has 1 N–H and O–H groups in total. The first-order chi connectivity index (χ1) is 58.2. The van der Waals surface area contributed by atoms with Gasteiger partial charge in [0, 0.05) is 173 Å². The van der Waals surface area contributed by atoms with E-state index < -0.39 is 22.4 Å². The molecule has 4 aliphatic carbocycles. The normalized spacial score (nSPS) is 23.2. The molecule has 1 atom stereocenters. The van der Waals surface area contributed by atoms with E-state index >= 15 is 0 Å². The maximum Gasteiger partial charge on any atom is 0.410 e. The highest BCUT2D eigenvalue weighted by atomic mass is 16.6. The van der Waals surface area contributed by atoms with E-state index in [0.717, 1.165) is 218 Å². The molecule has 8 fully saturated rings. The van der Waals surface area contributed by atoms with Gasteiger partial charge in [-0.15, -0.1) is 0 Å². The summed E-state index contributed by atoms with van der Waals surface area (Å²) in [6.45, 7) is 34.3. The van der Waals surface area contributed by atoms with E-state index in [1.165, 1.54) is 22.3 Å². The van der Waals surface area contributed by atoms with Gasteiger partial charge in [0.2, 0.25) is 23.6 Å². The largest absolute Gasteiger partial charge is 0.444 e. The summed E-state index contributed by atoms with van der Waals surface area (Å²) in [5.74, 6) is 5.76. The summed E-state index contributed by atoms with van der Waals surface area (Å²) in [5.41, 5.74) is 5.39. The fourth-order valence-corrected chi connectivity index (χ4v) is 19.3. The number of hydrogen-bond donors (Lipinski definition) is 1. The fraction of sp³-hybridized carbons (Fsp3) is 0.707. The van der Waals surface area contributed by atoms with Crippen molar-refractivity contribution in [1.82, 2.24) is 54.2 Å². The first-order valence-electron chi connectivity index (χ1n) is 46.5. The van der Waals surface area contributed by atoms with Crippen LogP contribution in [0.15, 0.2) is 91.6 Å². The predicted octanol–water partition coefficient (Wildman–Crippen LogP) is 17.9. The van der Waals surface area contributed by atoms with Gasteiger partial charge in [0.05, 0.1) is 6.61 Å². The minimum atomic E-state index is -0.480. The van der Waals surface area contributed by atoms with E-state index in [0.29, 0.717) is 97.2 Å². The van der Waals surface area contributed by atoms with Crippen molar-refractivity contribution < 1.29 is 62.4 Å². The van der Waals surface area contributed by atoms with Crippen molar-refractivity contribution in [3.63, 3.8) is 0 Å². The molecule has 4 saturated carbocycles. The van der Waals surface area contributed by atoms with E-state index in [1.807, 2.05) is 133 Å². The Kier molecular flexibility index (Phi) is 36.9. The number of likely N-dealkylation sites (tertiary alicyclic amines) is 4. The quantitative estimate of drug-likeness (QED) is 0.0908. The molecule has 682 valence electrons. The minimum Gasteiger partial charge on any atom is -0.444 e. The van der Waals surface area contributed by atoms with E-state index in [-0.39, 0.29) is 54.7 Å². The molecule has 0 spiro atoms. The van der Waals surface area contributed by atoms with Gasteiger partial charge in [0.25, 0.3) is 0 Å². The molecule has 24 nitrogen and oxygen atoms in total. The molecule has 1 unspecified atom stereocenters. The topological polar surface area (TPSA) is 258 Å². The molecular weight excluding hydrogens is 1550 g/mol. The zero-order chi connectivity index (χ0) is 89.3. The number of carbonyl (C=O) groups excluding carboxylic acids is 8. The van der Waals surface area contributed by atoms with Gasteiger partial charge in [-0.2, -0.15) is 0 Å². The molecular formula is C99H153N11O13. The molecule has 4 aliphatic heterocycles. The molecule has 0 bridgehead atoms. The minimum absolute atomic E-state index is 0.0762. The monoisotopic (exact) mass is 1700 g/mol. The molecule has 12 rings (SSSR count). The number of pyridine rings is 3. The highest BCUT2D eigenvalue weighted by Gasteiger charge is 2.40. The number of nitrogens with zero attached hydrogens (tertiary/aromatic N) is 11. The van der Waals surface area contributed by atoms with Crippen molar-refractivity contribution in [2.75, 3.05) is 107 Å². The summed E-state index contributed by atoms with van der Waals surface area (Å²) in [7, 11) is 7.21. The Balaban J connectivity index is 0.000000186. The van der Waals surface area contributed by atoms with Gasteiger partial charge < -0.3 is 63.3 Å². The van der Waals surface area contributed by atoms with Gasteiger partial charge in [0.1, 0.15) is 22.4 Å². The lowest BCUT2D eigenvalue weighted by Gasteiger charge is -2.37. The third kappa shape index (κ3) is 32.5. The van der Waals surface area contributed by atoms with Crippen molar-refractivity contribution >= 4 is 48.0 Å². The lowest BCUT2D eigenvalue weighted by atomic mass is 9.80. The molecule has 1 aromatic carbocycles. The number of ether oxygens (including phenoxy) is 4. The van der Waals surface area contributed by atoms with Crippen LogP contribution < -0.4 is 0 Å². The number of benzene rings is 1. The van der Waals surface area contributed by atoms with Crippen molar-refractivity contribution in [3.05, 3.63) is 125 Å². The number of carbonyl (C=O) groups is 8. The molecule has 0 radical (unpaired) electrons. The average molecular weight is 1710 g/mol. The van der Waals surface area contributed by atoms with E-state index in [2.05, 4.69) is 83.1 Å². The van der Waals surface area contributed by atoms with Crippen LogP contribution in [0.25, 0.3) is 0 Å². The average Bonchev–Trinajstić information content (AvgIpc) is 1.38. The number of aromatic nitrogens is 3. The van der Waals surface area contributed by atoms with Crippen LogP contribution in [0.4, 0.5) is 19.2 Å². The summed E-state index contributed by atoms with van der Waals surface area (Å²) < 4.78 is 21.8. The lowest BCUT2D eigenvalue weighted by Crippen LogP contribution is -2.43. The first kappa shape index (κ1) is 98.4. The molecule has 8 amide bonds. The van der Waals surface area contributed by atoms with E-state index in [4.69, 9.17) is 18.9 Å². The maximum absolute atomic E-state index is 13.1. The zero-order valence-electron chi connectivity index (χ0n) is 78.0. The van der Waals surface area contributed by atoms with Gasteiger partial charge in [-0.1, -0.05) is 24.3 Å². The second kappa shape index (κ2) is 46.2. The number of aryl methyl sites for hydroxylation is 1. The van der Waals surface area contributed by atoms with Gasteiger partial charge in [-0.3, -0.25) is 34.1 Å². The number of rotatable bonds is 18. The Bertz CT molecular complexity index is 3940. The molecule has 7 heterocycles. The maximum atomic E-state index is 13.1. The molecule has 3 aromatic heterocycles. The number of amides is 8. The summed E-state index contributed by atoms with van der Waals surface area (Å²) in [6, 6.07) is 20.8. The summed E-state index contributed by atoms with van der Waals surface area (Å²) in [6.07, 6.45) is 31.9. The van der Waals surface area contributed by atoms with Crippen molar-refractivity contribution in [1.29, 1.82) is 0 Å². The smallest absolute Gasteiger partial charge is 0.410 e. The van der Waals surface area contributed by atoms with Crippen LogP contribution in [-0.2, 0) is 51.2 Å². The molecule has 4 aromatic rings. The van der Waals surface area contributed by atoms with Gasteiger partial charge >= 0.3 is 24.4 Å². The standard InChI is InChI=1S/C26H40N2O4.2C25H39N3O3.C23H35N3O3/c1-26(2,3)32-25(31)27(4)17-19-5-11-23(12-6-19)24(30)28-15-13-22(14-16-28)21-9-7-20(18-29)8-10-21;1-18-16-22(10-13-26-18)20-11-14-28(15-12-20)23(29)21-8-6-19(7-9-21)17-27(5)24(30)31-25(2,3)4;1-25(2,3)31-24(30)27(4)18-21-5-7-22(8-6-21)23(29)28-15-11-20(12-16-28)17-19-9-13-26-14-10-19;1-23(2,3)29-22(28)25(4)15-17-5-7-19(8-6-17)21(27)26-14-11-20(16-26)18-9-12-24-13-10-18/h7-10,19,22-23,29H,5-6,11-18H2,1-4H3;10,13,16,19-21H,6-9,11-12,14-15,17H2,1-5H3;9-10,13-14,20-22H,5-8,11-12,15-18H2,1-4H3;9-10,12-13,17,19-20H,5-8,11,14-16H2,1-4H3. The second-order valence-corrected chi connectivity index (χ2v) is 41.0. The molecule has 24 heteroatoms. The summed E-state index contributed by atoms with van der Waals surface area (Å²) >= 11 is 0. The Hall–Kier alpha value is -8.41. The Morgan fingerprint density at radius 3 is 0.951 bits per heavy atom. The van der Waals surface area contributed by atoms with E-state index in [1.54, 1.807) is 47.8 Å². The third-order valence-electron chi connectivity index (χ3n) is 26.2. The van der Waals surface area contributed by atoms with Crippen LogP contribution in [0.3, 0.4) is 0 Å². The fourth-order valence-electron chi connectivity index (χ4n) is 19.3. The number of piperidine rings is 3. The highest BCUT2D eigenvalue weighted by Crippen LogP contribution is 2.40. The van der Waals surface area contributed by atoms with Crippen LogP contribution in [0, 0.1) is 60.2 Å². The van der Waals surface area contributed by atoms with Crippen molar-refractivity contribution in [2.45, 2.75) is 291 Å². The van der Waals surface area contributed by atoms with Gasteiger partial charge in [-0.05, 0) is 350 Å². The van der Waals surface area contributed by atoms with Crippen LogP contribution in [0.5, 0.6) is 0 Å². The number of aliphatic hydroxyl groups is 1. The van der Waals surface area contributed by atoms with Gasteiger partial charge in [0.15, 0.2) is 0 Å². The molecule has 8 aliphatic rings. The number of hydrogen-bond acceptors (Lipinski definition) is 16. The Labute approximate surface area is 736 Å². The molecule has 4 saturated heterocycles. The van der Waals surface area contributed by atoms with Crippen LogP contribution >= 0.6 is 0 Å². The summed E-state index contributed by atoms with van der Waals surface area (Å²) in [4.78, 5) is 128.